The number of carbonyl (C=O) groups excluding carboxylic acids is 2. The molecule has 0 bridgehead atoms. The van der Waals surface area contributed by atoms with Crippen LogP contribution in [0.15, 0.2) is 59.5 Å². The van der Waals surface area contributed by atoms with Crippen LogP contribution in [-0.4, -0.2) is 36.8 Å². The van der Waals surface area contributed by atoms with Gasteiger partial charge < -0.3 is 15.4 Å². The van der Waals surface area contributed by atoms with Gasteiger partial charge in [-0.05, 0) is 43.2 Å². The third-order valence-electron chi connectivity index (χ3n) is 4.01. The first-order valence-corrected chi connectivity index (χ1v) is 9.69. The van der Waals surface area contributed by atoms with E-state index in [2.05, 4.69) is 10.6 Å². The number of nitrogens with one attached hydrogen (secondary N) is 2. The highest BCUT2D eigenvalue weighted by molar-refractivity contribution is 7.99. The van der Waals surface area contributed by atoms with E-state index in [1.165, 1.54) is 4.90 Å². The van der Waals surface area contributed by atoms with Crippen LogP contribution < -0.4 is 10.6 Å². The van der Waals surface area contributed by atoms with Gasteiger partial charge in [0.25, 0.3) is 11.8 Å². The zero-order chi connectivity index (χ0) is 18.2. The van der Waals surface area contributed by atoms with Crippen LogP contribution in [0.2, 0.25) is 0 Å². The lowest BCUT2D eigenvalue weighted by Gasteiger charge is -2.11. The van der Waals surface area contributed by atoms with Crippen molar-refractivity contribution in [3.63, 3.8) is 0 Å². The fraction of sp³-hybridized carbons (Fsp3) is 0.300. The molecule has 26 heavy (non-hydrogen) atoms. The van der Waals surface area contributed by atoms with E-state index in [-0.39, 0.29) is 17.9 Å². The van der Waals surface area contributed by atoms with E-state index in [4.69, 9.17) is 4.74 Å². The summed E-state index contributed by atoms with van der Waals surface area (Å²) in [4.78, 5) is 25.6. The maximum Gasteiger partial charge on any atom is 0.253 e. The van der Waals surface area contributed by atoms with E-state index >= 15 is 0 Å². The molecule has 2 aromatic carbocycles. The molecule has 6 heteroatoms. The largest absolute Gasteiger partial charge is 0.368 e. The van der Waals surface area contributed by atoms with Gasteiger partial charge in [-0.2, -0.15) is 0 Å². The lowest BCUT2D eigenvalue weighted by molar-refractivity contribution is -0.124. The Morgan fingerprint density at radius 1 is 1.12 bits per heavy atom. The first kappa shape index (κ1) is 18.5. The summed E-state index contributed by atoms with van der Waals surface area (Å²) in [6.45, 7) is 1.20. The molecule has 1 fully saturated rings. The van der Waals surface area contributed by atoms with Crippen LogP contribution in [-0.2, 0) is 9.53 Å². The van der Waals surface area contributed by atoms with Gasteiger partial charge in [0.05, 0.1) is 0 Å². The molecule has 1 aliphatic rings. The average molecular weight is 370 g/mol. The Morgan fingerprint density at radius 3 is 2.73 bits per heavy atom. The van der Waals surface area contributed by atoms with Crippen molar-refractivity contribution in [3.8, 4) is 0 Å². The quantitative estimate of drug-likeness (QED) is 0.579. The second-order valence-electron chi connectivity index (χ2n) is 5.99. The number of hydrogen-bond donors (Lipinski definition) is 2. The zero-order valence-electron chi connectivity index (χ0n) is 14.4. The lowest BCUT2D eigenvalue weighted by atomic mass is 10.1. The second-order valence-corrected chi connectivity index (χ2v) is 7.16. The minimum Gasteiger partial charge on any atom is -0.368 e. The van der Waals surface area contributed by atoms with Crippen molar-refractivity contribution < 1.29 is 14.3 Å². The van der Waals surface area contributed by atoms with Crippen LogP contribution >= 0.6 is 11.8 Å². The van der Waals surface area contributed by atoms with Crippen LogP contribution in [0.4, 0.5) is 5.69 Å². The molecule has 5 nitrogen and oxygen atoms in total. The van der Waals surface area contributed by atoms with Gasteiger partial charge in [0.1, 0.15) is 6.10 Å². The number of amides is 2. The highest BCUT2D eigenvalue weighted by atomic mass is 32.2. The average Bonchev–Trinajstić information content (AvgIpc) is 3.21. The van der Waals surface area contributed by atoms with Crippen molar-refractivity contribution in [1.29, 1.82) is 0 Å². The van der Waals surface area contributed by atoms with Crippen LogP contribution in [0.1, 0.15) is 23.2 Å². The minimum absolute atomic E-state index is 0.146. The first-order valence-electron chi connectivity index (χ1n) is 8.71. The van der Waals surface area contributed by atoms with Crippen molar-refractivity contribution >= 4 is 29.3 Å². The summed E-state index contributed by atoms with van der Waals surface area (Å²) in [6, 6.07) is 17.0. The Bertz CT molecular complexity index is 746. The second kappa shape index (κ2) is 9.40. The Kier molecular flexibility index (Phi) is 6.68. The summed E-state index contributed by atoms with van der Waals surface area (Å²) < 4.78 is 5.37. The SMILES string of the molecule is O=C(NCCSc1ccccc1)c1cccc(NC(=O)C2CCCO2)c1. The molecule has 1 heterocycles. The molecule has 0 saturated carbocycles. The standard InChI is InChI=1S/C20H22N2O3S/c23-19(21-11-13-26-17-8-2-1-3-9-17)15-6-4-7-16(14-15)22-20(24)18-10-5-12-25-18/h1-4,6-9,14,18H,5,10-13H2,(H,21,23)(H,22,24). The topological polar surface area (TPSA) is 67.4 Å². The van der Waals surface area contributed by atoms with Crippen LogP contribution in [0.5, 0.6) is 0 Å². The summed E-state index contributed by atoms with van der Waals surface area (Å²) in [5.41, 5.74) is 1.14. The monoisotopic (exact) mass is 370 g/mol. The molecule has 0 aromatic heterocycles. The van der Waals surface area contributed by atoms with Crippen molar-refractivity contribution in [2.75, 3.05) is 24.2 Å². The van der Waals surface area contributed by atoms with E-state index in [0.717, 1.165) is 18.6 Å². The van der Waals surface area contributed by atoms with Crippen molar-refractivity contribution in [2.24, 2.45) is 0 Å². The number of ether oxygens (including phenoxy) is 1. The summed E-state index contributed by atoms with van der Waals surface area (Å²) in [7, 11) is 0. The van der Waals surface area contributed by atoms with E-state index < -0.39 is 0 Å². The third kappa shape index (κ3) is 5.34. The number of hydrogen-bond acceptors (Lipinski definition) is 4. The molecular weight excluding hydrogens is 348 g/mol. The fourth-order valence-corrected chi connectivity index (χ4v) is 3.49. The highest BCUT2D eigenvalue weighted by Crippen LogP contribution is 2.17. The van der Waals surface area contributed by atoms with Gasteiger partial charge in [-0.15, -0.1) is 11.8 Å². The summed E-state index contributed by atoms with van der Waals surface area (Å²) in [5.74, 6) is 0.497. The molecule has 3 rings (SSSR count). The highest BCUT2D eigenvalue weighted by Gasteiger charge is 2.23. The zero-order valence-corrected chi connectivity index (χ0v) is 15.3. The van der Waals surface area contributed by atoms with Gasteiger partial charge >= 0.3 is 0 Å². The fourth-order valence-electron chi connectivity index (χ4n) is 2.70. The molecule has 1 atom stereocenters. The van der Waals surface area contributed by atoms with Gasteiger partial charge in [0.2, 0.25) is 0 Å². The molecule has 2 N–H and O–H groups in total. The Labute approximate surface area is 157 Å². The summed E-state index contributed by atoms with van der Waals surface area (Å²) in [6.07, 6.45) is 1.26. The van der Waals surface area contributed by atoms with Gasteiger partial charge in [-0.1, -0.05) is 24.3 Å². The lowest BCUT2D eigenvalue weighted by Crippen LogP contribution is -2.28. The molecule has 0 aliphatic carbocycles. The molecule has 2 amide bonds. The molecule has 0 spiro atoms. The van der Waals surface area contributed by atoms with Crippen molar-refractivity contribution in [1.82, 2.24) is 5.32 Å². The van der Waals surface area contributed by atoms with Gasteiger partial charge in [0.15, 0.2) is 0 Å². The maximum absolute atomic E-state index is 12.3. The van der Waals surface area contributed by atoms with Gasteiger partial charge in [-0.25, -0.2) is 0 Å². The number of anilines is 1. The smallest absolute Gasteiger partial charge is 0.253 e. The first-order chi connectivity index (χ1) is 12.7. The van der Waals surface area contributed by atoms with Gasteiger partial charge in [0, 0.05) is 35.1 Å². The maximum atomic E-state index is 12.3. The van der Waals surface area contributed by atoms with Crippen LogP contribution in [0.3, 0.4) is 0 Å². The van der Waals surface area contributed by atoms with E-state index in [1.54, 1.807) is 36.0 Å². The Balaban J connectivity index is 1.47. The predicted molar refractivity (Wildman–Crippen MR) is 104 cm³/mol. The molecule has 1 unspecified atom stereocenters. The molecule has 1 aliphatic heterocycles. The summed E-state index contributed by atoms with van der Waals surface area (Å²) in [5, 5.41) is 5.73. The Hall–Kier alpha value is -2.31. The minimum atomic E-state index is -0.387. The normalized spacial score (nSPS) is 16.2. The van der Waals surface area contributed by atoms with E-state index in [0.29, 0.717) is 24.4 Å². The molecule has 136 valence electrons. The molecular formula is C20H22N2O3S. The molecule has 2 aromatic rings. The third-order valence-corrected chi connectivity index (χ3v) is 5.03. The van der Waals surface area contributed by atoms with Crippen LogP contribution in [0, 0.1) is 0 Å². The van der Waals surface area contributed by atoms with E-state index in [1.807, 2.05) is 30.3 Å². The number of rotatable bonds is 7. The molecule has 0 radical (unpaired) electrons. The predicted octanol–water partition coefficient (Wildman–Crippen LogP) is 3.33. The number of carbonyl (C=O) groups is 2. The Morgan fingerprint density at radius 2 is 1.96 bits per heavy atom. The van der Waals surface area contributed by atoms with Crippen LogP contribution in [0.25, 0.3) is 0 Å². The summed E-state index contributed by atoms with van der Waals surface area (Å²) >= 11 is 1.70. The molecule has 1 saturated heterocycles. The number of thioether (sulfide) groups is 1. The van der Waals surface area contributed by atoms with E-state index in [9.17, 15) is 9.59 Å². The van der Waals surface area contributed by atoms with Crippen molar-refractivity contribution in [3.05, 3.63) is 60.2 Å². The van der Waals surface area contributed by atoms with Crippen molar-refractivity contribution in [2.45, 2.75) is 23.8 Å². The van der Waals surface area contributed by atoms with Gasteiger partial charge in [-0.3, -0.25) is 9.59 Å². The number of benzene rings is 2.